The first kappa shape index (κ1) is 32.5. The SMILES string of the molecule is CCC(C)COC(=O)OCC(C)C(c1ccc(OC(=O)OC(C)C)c(OC(=O)OC(C)C)c1)[C@H](N)C(=O)O. The number of benzene rings is 1. The number of ether oxygens (including phenoxy) is 6. The molecule has 0 heterocycles. The molecular formula is C26H39NO11. The normalized spacial score (nSPS) is 14.2. The quantitative estimate of drug-likeness (QED) is 0.198. The Labute approximate surface area is 222 Å². The molecule has 0 bridgehead atoms. The van der Waals surface area contributed by atoms with Crippen LogP contribution in [0.15, 0.2) is 18.2 Å². The smallest absolute Gasteiger partial charge is 0.480 e. The number of hydrogen-bond donors (Lipinski definition) is 2. The van der Waals surface area contributed by atoms with Crippen molar-refractivity contribution in [3.63, 3.8) is 0 Å². The molecule has 0 radical (unpaired) electrons. The minimum Gasteiger partial charge on any atom is -0.480 e. The van der Waals surface area contributed by atoms with Crippen molar-refractivity contribution >= 4 is 24.4 Å². The van der Waals surface area contributed by atoms with E-state index in [1.54, 1.807) is 34.6 Å². The Kier molecular flexibility index (Phi) is 13.4. The van der Waals surface area contributed by atoms with Crippen molar-refractivity contribution in [2.75, 3.05) is 13.2 Å². The van der Waals surface area contributed by atoms with Crippen LogP contribution in [0.3, 0.4) is 0 Å². The van der Waals surface area contributed by atoms with Gasteiger partial charge in [0.05, 0.1) is 25.4 Å². The minimum absolute atomic E-state index is 0.160. The average Bonchev–Trinajstić information content (AvgIpc) is 2.81. The zero-order valence-corrected chi connectivity index (χ0v) is 22.9. The van der Waals surface area contributed by atoms with E-state index in [-0.39, 0.29) is 30.6 Å². The topological polar surface area (TPSA) is 170 Å². The van der Waals surface area contributed by atoms with Gasteiger partial charge < -0.3 is 39.3 Å². The molecule has 3 unspecified atom stereocenters. The number of aliphatic carboxylic acids is 1. The zero-order valence-electron chi connectivity index (χ0n) is 22.9. The Balaban J connectivity index is 3.27. The summed E-state index contributed by atoms with van der Waals surface area (Å²) in [6.07, 6.45) is -3.12. The van der Waals surface area contributed by atoms with Crippen molar-refractivity contribution in [2.24, 2.45) is 17.6 Å². The van der Waals surface area contributed by atoms with Crippen LogP contribution in [0.2, 0.25) is 0 Å². The summed E-state index contributed by atoms with van der Waals surface area (Å²) in [5.74, 6) is -3.05. The van der Waals surface area contributed by atoms with E-state index >= 15 is 0 Å². The number of nitrogens with two attached hydrogens (primary N) is 1. The van der Waals surface area contributed by atoms with Gasteiger partial charge in [0.25, 0.3) is 0 Å². The van der Waals surface area contributed by atoms with Crippen molar-refractivity contribution in [3.05, 3.63) is 23.8 Å². The number of carbonyl (C=O) groups excluding carboxylic acids is 3. The molecule has 1 aromatic carbocycles. The van der Waals surface area contributed by atoms with Crippen molar-refractivity contribution in [1.29, 1.82) is 0 Å². The Morgan fingerprint density at radius 3 is 1.84 bits per heavy atom. The molecule has 12 nitrogen and oxygen atoms in total. The number of carbonyl (C=O) groups is 4. The van der Waals surface area contributed by atoms with Gasteiger partial charge in [-0.25, -0.2) is 14.4 Å². The fourth-order valence-electron chi connectivity index (χ4n) is 3.23. The number of hydrogen-bond acceptors (Lipinski definition) is 11. The van der Waals surface area contributed by atoms with Crippen LogP contribution in [0.1, 0.15) is 66.4 Å². The number of carboxylic acid groups (broad SMARTS) is 1. The lowest BCUT2D eigenvalue weighted by molar-refractivity contribution is -0.139. The van der Waals surface area contributed by atoms with Gasteiger partial charge in [-0.3, -0.25) is 4.79 Å². The molecule has 0 fully saturated rings. The third-order valence-corrected chi connectivity index (χ3v) is 5.33. The third-order valence-electron chi connectivity index (χ3n) is 5.33. The standard InChI is InChI=1S/C26H39NO11/c1-8-16(6)12-33-24(30)34-13-17(7)21(22(27)23(28)29)18-9-10-19(37-25(31)35-14(2)3)20(11-18)38-26(32)36-15(4)5/h9-11,14-17,21-22H,8,12-13,27H2,1-7H3,(H,28,29)/t16?,17?,21?,22-/m0/s1. The fourth-order valence-corrected chi connectivity index (χ4v) is 3.23. The van der Waals surface area contributed by atoms with Crippen molar-refractivity contribution in [2.45, 2.75) is 79.1 Å². The lowest BCUT2D eigenvalue weighted by Gasteiger charge is -2.28. The van der Waals surface area contributed by atoms with E-state index in [0.717, 1.165) is 6.42 Å². The second-order valence-electron chi connectivity index (χ2n) is 9.50. The van der Waals surface area contributed by atoms with Gasteiger partial charge in [0, 0.05) is 5.92 Å². The molecule has 0 saturated carbocycles. The molecule has 0 aromatic heterocycles. The predicted molar refractivity (Wildman–Crippen MR) is 135 cm³/mol. The molecule has 4 atom stereocenters. The maximum absolute atomic E-state index is 12.2. The van der Waals surface area contributed by atoms with Gasteiger partial charge in [-0.15, -0.1) is 0 Å². The van der Waals surface area contributed by atoms with Crippen molar-refractivity contribution in [3.8, 4) is 11.5 Å². The molecule has 0 amide bonds. The summed E-state index contributed by atoms with van der Waals surface area (Å²) in [5, 5.41) is 9.64. The molecule has 214 valence electrons. The molecule has 12 heteroatoms. The van der Waals surface area contributed by atoms with Crippen molar-refractivity contribution in [1.82, 2.24) is 0 Å². The highest BCUT2D eigenvalue weighted by Crippen LogP contribution is 2.36. The average molecular weight is 542 g/mol. The first-order chi connectivity index (χ1) is 17.7. The van der Waals surface area contributed by atoms with Gasteiger partial charge >= 0.3 is 24.4 Å². The van der Waals surface area contributed by atoms with Crippen LogP contribution in [-0.2, 0) is 23.7 Å². The molecule has 38 heavy (non-hydrogen) atoms. The maximum Gasteiger partial charge on any atom is 0.514 e. The molecule has 0 saturated heterocycles. The summed E-state index contributed by atoms with van der Waals surface area (Å²) in [6.45, 7) is 12.0. The highest BCUT2D eigenvalue weighted by atomic mass is 16.8. The Bertz CT molecular complexity index is 947. The summed E-state index contributed by atoms with van der Waals surface area (Å²) in [4.78, 5) is 48.1. The van der Waals surface area contributed by atoms with E-state index in [1.807, 2.05) is 13.8 Å². The first-order valence-corrected chi connectivity index (χ1v) is 12.4. The second kappa shape index (κ2) is 15.7. The van der Waals surface area contributed by atoms with Crippen LogP contribution < -0.4 is 15.2 Å². The van der Waals surface area contributed by atoms with E-state index in [4.69, 9.17) is 34.2 Å². The summed E-state index contributed by atoms with van der Waals surface area (Å²) >= 11 is 0. The van der Waals surface area contributed by atoms with Crippen LogP contribution in [0.25, 0.3) is 0 Å². The molecular weight excluding hydrogens is 502 g/mol. The fraction of sp³-hybridized carbons (Fsp3) is 0.615. The van der Waals surface area contributed by atoms with Crippen LogP contribution in [0.5, 0.6) is 11.5 Å². The highest BCUT2D eigenvalue weighted by Gasteiger charge is 2.33. The van der Waals surface area contributed by atoms with Gasteiger partial charge in [-0.2, -0.15) is 0 Å². The Hall–Kier alpha value is -3.54. The van der Waals surface area contributed by atoms with Gasteiger partial charge in [-0.05, 0) is 57.2 Å². The lowest BCUT2D eigenvalue weighted by Crippen LogP contribution is -2.40. The van der Waals surface area contributed by atoms with Gasteiger partial charge in [0.1, 0.15) is 6.04 Å². The third kappa shape index (κ3) is 11.2. The van der Waals surface area contributed by atoms with Crippen LogP contribution >= 0.6 is 0 Å². The van der Waals surface area contributed by atoms with E-state index in [1.165, 1.54) is 18.2 Å². The second-order valence-corrected chi connectivity index (χ2v) is 9.50. The molecule has 0 aliphatic heterocycles. The van der Waals surface area contributed by atoms with Crippen molar-refractivity contribution < 1.29 is 52.7 Å². The Morgan fingerprint density at radius 1 is 0.816 bits per heavy atom. The minimum atomic E-state index is -1.42. The first-order valence-electron chi connectivity index (χ1n) is 12.4. The zero-order chi connectivity index (χ0) is 29.0. The van der Waals surface area contributed by atoms with Crippen LogP contribution in [-0.4, -0.2) is 61.0 Å². The summed E-state index contributed by atoms with van der Waals surface area (Å²) in [7, 11) is 0. The van der Waals surface area contributed by atoms with Crippen LogP contribution in [0.4, 0.5) is 14.4 Å². The molecule has 0 aliphatic rings. The number of rotatable bonds is 13. The lowest BCUT2D eigenvalue weighted by atomic mass is 9.82. The predicted octanol–water partition coefficient (Wildman–Crippen LogP) is 4.87. The summed E-state index contributed by atoms with van der Waals surface area (Å²) in [6, 6.07) is 2.66. The monoisotopic (exact) mass is 541 g/mol. The summed E-state index contributed by atoms with van der Waals surface area (Å²) < 4.78 is 30.6. The van der Waals surface area contributed by atoms with Gasteiger partial charge in [0.2, 0.25) is 0 Å². The van der Waals surface area contributed by atoms with E-state index < -0.39 is 54.5 Å². The van der Waals surface area contributed by atoms with Crippen LogP contribution in [0, 0.1) is 11.8 Å². The van der Waals surface area contributed by atoms with Gasteiger partial charge in [0.15, 0.2) is 11.5 Å². The molecule has 0 spiro atoms. The number of carboxylic acids is 1. The van der Waals surface area contributed by atoms with E-state index in [0.29, 0.717) is 5.56 Å². The maximum atomic E-state index is 12.2. The molecule has 1 aromatic rings. The Morgan fingerprint density at radius 2 is 1.34 bits per heavy atom. The largest absolute Gasteiger partial charge is 0.514 e. The molecule has 3 N–H and O–H groups in total. The summed E-state index contributed by atoms with van der Waals surface area (Å²) in [5.41, 5.74) is 6.32. The van der Waals surface area contributed by atoms with Gasteiger partial charge in [-0.1, -0.05) is 33.3 Å². The molecule has 0 aliphatic carbocycles. The highest BCUT2D eigenvalue weighted by molar-refractivity contribution is 5.75. The molecule has 1 rings (SSSR count). The van der Waals surface area contributed by atoms with E-state index in [9.17, 15) is 24.3 Å². The van der Waals surface area contributed by atoms with E-state index in [2.05, 4.69) is 0 Å².